The van der Waals surface area contributed by atoms with Crippen molar-refractivity contribution in [3.8, 4) is 0 Å². The van der Waals surface area contributed by atoms with Gasteiger partial charge in [0, 0.05) is 18.4 Å². The molecular formula is C14H20N4. The number of hydrogen-bond donors (Lipinski definition) is 2. The van der Waals surface area contributed by atoms with E-state index >= 15 is 0 Å². The molecule has 0 saturated heterocycles. The number of hydrogen-bond acceptors (Lipinski definition) is 3. The summed E-state index contributed by atoms with van der Waals surface area (Å²) >= 11 is 0. The second kappa shape index (κ2) is 5.69. The summed E-state index contributed by atoms with van der Waals surface area (Å²) in [6, 6.07) is 10.6. The van der Waals surface area contributed by atoms with E-state index in [0.717, 1.165) is 12.2 Å². The van der Waals surface area contributed by atoms with Crippen LogP contribution in [0.1, 0.15) is 24.2 Å². The summed E-state index contributed by atoms with van der Waals surface area (Å²) in [6.45, 7) is 3.05. The number of nitrogens with zero attached hydrogens (tertiary/aromatic N) is 2. The Morgan fingerprint density at radius 3 is 2.72 bits per heavy atom. The molecular weight excluding hydrogens is 224 g/mol. The molecule has 0 saturated carbocycles. The molecule has 96 valence electrons. The van der Waals surface area contributed by atoms with Crippen molar-refractivity contribution in [2.24, 2.45) is 0 Å². The smallest absolute Gasteiger partial charge is 0.0651 e. The first-order valence-corrected chi connectivity index (χ1v) is 6.15. The topological polar surface area (TPSA) is 44.0 Å². The van der Waals surface area contributed by atoms with Crippen LogP contribution in [0, 0.1) is 0 Å². The van der Waals surface area contributed by atoms with E-state index in [1.165, 1.54) is 11.3 Å². The Kier molecular flexibility index (Phi) is 3.99. The third-order valence-corrected chi connectivity index (χ3v) is 2.86. The fourth-order valence-corrected chi connectivity index (χ4v) is 1.96. The Bertz CT molecular complexity index is 476. The van der Waals surface area contributed by atoms with Gasteiger partial charge in [-0.15, -0.1) is 0 Å². The van der Waals surface area contributed by atoms with E-state index in [-0.39, 0.29) is 6.04 Å². The first-order valence-electron chi connectivity index (χ1n) is 6.15. The number of anilines is 1. The summed E-state index contributed by atoms with van der Waals surface area (Å²) in [5.41, 5.74) is 3.57. The average molecular weight is 244 g/mol. The number of H-pyrrole nitrogens is 1. The van der Waals surface area contributed by atoms with Crippen LogP contribution in [0.25, 0.3) is 0 Å². The van der Waals surface area contributed by atoms with E-state index in [0.29, 0.717) is 0 Å². The van der Waals surface area contributed by atoms with Gasteiger partial charge >= 0.3 is 0 Å². The highest BCUT2D eigenvalue weighted by atomic mass is 15.1. The molecule has 18 heavy (non-hydrogen) atoms. The lowest BCUT2D eigenvalue weighted by molar-refractivity contribution is 0.403. The Labute approximate surface area is 108 Å². The molecule has 2 rings (SSSR count). The molecule has 1 atom stereocenters. The standard InChI is InChI=1S/C14H20N4/c1-11(13-8-9-15-17-13)16-14-7-5-4-6-12(14)10-18(2)3/h4-9,11,16H,10H2,1-3H3,(H,15,17). The minimum Gasteiger partial charge on any atom is -0.377 e. The van der Waals surface area contributed by atoms with Crippen molar-refractivity contribution >= 4 is 5.69 Å². The number of nitrogens with one attached hydrogen (secondary N) is 2. The summed E-state index contributed by atoms with van der Waals surface area (Å²) in [5, 5.41) is 10.5. The summed E-state index contributed by atoms with van der Waals surface area (Å²) in [4.78, 5) is 2.17. The molecule has 0 fully saturated rings. The largest absolute Gasteiger partial charge is 0.377 e. The van der Waals surface area contributed by atoms with Crippen molar-refractivity contribution in [2.45, 2.75) is 19.5 Å². The van der Waals surface area contributed by atoms with Crippen LogP contribution < -0.4 is 5.32 Å². The summed E-state index contributed by atoms with van der Waals surface area (Å²) in [7, 11) is 4.16. The molecule has 1 aromatic heterocycles. The number of rotatable bonds is 5. The van der Waals surface area contributed by atoms with Gasteiger partial charge in [-0.3, -0.25) is 5.10 Å². The van der Waals surface area contributed by atoms with Gasteiger partial charge in [-0.05, 0) is 38.7 Å². The second-order valence-corrected chi connectivity index (χ2v) is 4.77. The third kappa shape index (κ3) is 3.11. The van der Waals surface area contributed by atoms with Gasteiger partial charge < -0.3 is 10.2 Å². The van der Waals surface area contributed by atoms with Crippen LogP contribution in [-0.4, -0.2) is 29.2 Å². The average Bonchev–Trinajstić information content (AvgIpc) is 2.84. The molecule has 0 bridgehead atoms. The highest BCUT2D eigenvalue weighted by molar-refractivity contribution is 5.52. The van der Waals surface area contributed by atoms with Crippen LogP contribution in [0.4, 0.5) is 5.69 Å². The highest BCUT2D eigenvalue weighted by Gasteiger charge is 2.09. The molecule has 0 spiro atoms. The van der Waals surface area contributed by atoms with Crippen molar-refractivity contribution < 1.29 is 0 Å². The van der Waals surface area contributed by atoms with Crippen molar-refractivity contribution in [3.63, 3.8) is 0 Å². The summed E-state index contributed by atoms with van der Waals surface area (Å²) in [5.74, 6) is 0. The zero-order chi connectivity index (χ0) is 13.0. The first kappa shape index (κ1) is 12.6. The van der Waals surface area contributed by atoms with Crippen molar-refractivity contribution in [3.05, 3.63) is 47.8 Å². The van der Waals surface area contributed by atoms with Crippen LogP contribution in [-0.2, 0) is 6.54 Å². The molecule has 0 radical (unpaired) electrons. The Balaban J connectivity index is 2.13. The lowest BCUT2D eigenvalue weighted by Crippen LogP contribution is -2.14. The van der Waals surface area contributed by atoms with Gasteiger partial charge in [-0.2, -0.15) is 5.10 Å². The number of aromatic nitrogens is 2. The molecule has 4 nitrogen and oxygen atoms in total. The predicted molar refractivity (Wildman–Crippen MR) is 74.5 cm³/mol. The van der Waals surface area contributed by atoms with E-state index < -0.39 is 0 Å². The maximum Gasteiger partial charge on any atom is 0.0651 e. The van der Waals surface area contributed by atoms with Crippen molar-refractivity contribution in [1.29, 1.82) is 0 Å². The molecule has 1 aromatic carbocycles. The molecule has 0 amide bonds. The Hall–Kier alpha value is -1.81. The normalized spacial score (nSPS) is 12.7. The summed E-state index contributed by atoms with van der Waals surface area (Å²) in [6.07, 6.45) is 1.78. The SMILES string of the molecule is CC(Nc1ccccc1CN(C)C)c1ccn[nH]1. The minimum atomic E-state index is 0.218. The van der Waals surface area contributed by atoms with Gasteiger partial charge in [0.05, 0.1) is 11.7 Å². The third-order valence-electron chi connectivity index (χ3n) is 2.86. The van der Waals surface area contributed by atoms with Crippen LogP contribution in [0.5, 0.6) is 0 Å². The molecule has 0 aliphatic rings. The van der Waals surface area contributed by atoms with Gasteiger partial charge in [0.2, 0.25) is 0 Å². The maximum absolute atomic E-state index is 3.98. The Morgan fingerprint density at radius 1 is 1.28 bits per heavy atom. The second-order valence-electron chi connectivity index (χ2n) is 4.77. The van der Waals surface area contributed by atoms with E-state index in [1.54, 1.807) is 6.20 Å². The fourth-order valence-electron chi connectivity index (χ4n) is 1.96. The molecule has 4 heteroatoms. The van der Waals surface area contributed by atoms with Crippen LogP contribution in [0.15, 0.2) is 36.5 Å². The van der Waals surface area contributed by atoms with Crippen molar-refractivity contribution in [2.75, 3.05) is 19.4 Å². The number of aromatic amines is 1. The van der Waals surface area contributed by atoms with Gasteiger partial charge in [0.15, 0.2) is 0 Å². The van der Waals surface area contributed by atoms with Gasteiger partial charge in [0.1, 0.15) is 0 Å². The predicted octanol–water partition coefficient (Wildman–Crippen LogP) is 2.64. The lowest BCUT2D eigenvalue weighted by atomic mass is 10.1. The highest BCUT2D eigenvalue weighted by Crippen LogP contribution is 2.21. The van der Waals surface area contributed by atoms with Crippen LogP contribution >= 0.6 is 0 Å². The maximum atomic E-state index is 3.98. The summed E-state index contributed by atoms with van der Waals surface area (Å²) < 4.78 is 0. The van der Waals surface area contributed by atoms with Crippen LogP contribution in [0.2, 0.25) is 0 Å². The zero-order valence-electron chi connectivity index (χ0n) is 11.1. The lowest BCUT2D eigenvalue weighted by Gasteiger charge is -2.19. The molecule has 1 unspecified atom stereocenters. The monoisotopic (exact) mass is 244 g/mol. The molecule has 2 N–H and O–H groups in total. The van der Waals surface area contributed by atoms with E-state index in [4.69, 9.17) is 0 Å². The van der Waals surface area contributed by atoms with Gasteiger partial charge in [-0.1, -0.05) is 18.2 Å². The number of para-hydroxylation sites is 1. The Morgan fingerprint density at radius 2 is 2.06 bits per heavy atom. The molecule has 2 aromatic rings. The zero-order valence-corrected chi connectivity index (χ0v) is 11.1. The van der Waals surface area contributed by atoms with Crippen LogP contribution in [0.3, 0.4) is 0 Å². The number of benzene rings is 1. The van der Waals surface area contributed by atoms with Gasteiger partial charge in [0.25, 0.3) is 0 Å². The minimum absolute atomic E-state index is 0.218. The van der Waals surface area contributed by atoms with E-state index in [1.807, 2.05) is 6.07 Å². The molecule has 0 aliphatic heterocycles. The molecule has 1 heterocycles. The fraction of sp³-hybridized carbons (Fsp3) is 0.357. The van der Waals surface area contributed by atoms with E-state index in [2.05, 4.69) is 65.7 Å². The van der Waals surface area contributed by atoms with E-state index in [9.17, 15) is 0 Å². The quantitative estimate of drug-likeness (QED) is 0.849. The first-order chi connectivity index (χ1) is 8.66. The van der Waals surface area contributed by atoms with Crippen molar-refractivity contribution in [1.82, 2.24) is 15.1 Å². The molecule has 0 aliphatic carbocycles. The van der Waals surface area contributed by atoms with Gasteiger partial charge in [-0.25, -0.2) is 0 Å².